The maximum Gasteiger partial charge on any atom is 0.271 e. The molecule has 1 atom stereocenters. The van der Waals surface area contributed by atoms with E-state index in [1.54, 1.807) is 16.4 Å². The highest BCUT2D eigenvalue weighted by atomic mass is 32.2. The van der Waals surface area contributed by atoms with E-state index in [0.717, 1.165) is 34.8 Å². The number of hydrogen-bond acceptors (Lipinski definition) is 4. The highest BCUT2D eigenvalue weighted by Gasteiger charge is 2.32. The molecule has 4 rings (SSSR count). The first-order valence-corrected chi connectivity index (χ1v) is 9.56. The smallest absolute Gasteiger partial charge is 0.271 e. The molecule has 3 heterocycles. The normalized spacial score (nSPS) is 22.1. The second kappa shape index (κ2) is 6.27. The first-order valence-electron chi connectivity index (χ1n) is 8.68. The Morgan fingerprint density at radius 3 is 2.67 bits per heavy atom. The third-order valence-corrected chi connectivity index (χ3v) is 6.14. The van der Waals surface area contributed by atoms with E-state index in [-0.39, 0.29) is 10.8 Å². The Balaban J connectivity index is 1.80. The van der Waals surface area contributed by atoms with Gasteiger partial charge >= 0.3 is 0 Å². The molecule has 1 saturated carbocycles. The van der Waals surface area contributed by atoms with Crippen LogP contribution in [-0.4, -0.2) is 24.6 Å². The molecule has 2 aliphatic rings. The van der Waals surface area contributed by atoms with Gasteiger partial charge in [0.25, 0.3) is 5.56 Å². The van der Waals surface area contributed by atoms with Crippen molar-refractivity contribution in [3.8, 4) is 0 Å². The topological polar surface area (TPSA) is 68.0 Å². The van der Waals surface area contributed by atoms with Crippen molar-refractivity contribution >= 4 is 22.6 Å². The first kappa shape index (κ1) is 15.7. The van der Waals surface area contributed by atoms with Crippen molar-refractivity contribution < 1.29 is 0 Å². The fourth-order valence-electron chi connectivity index (χ4n) is 3.80. The lowest BCUT2D eigenvalue weighted by Gasteiger charge is -2.22. The Bertz CT molecular complexity index is 822. The number of H-pyrrole nitrogens is 1. The van der Waals surface area contributed by atoms with Gasteiger partial charge in [0, 0.05) is 18.8 Å². The molecular formula is C17H23N5OS. The standard InChI is InChI=1S/C17H23N5OS/c1-11-19-16-14(15(24-11)12-9-18-21(2)10-12)17(23)20-22(16)13-7-5-3-4-6-8-13/h9-10,13,15H,3-8H2,1-2H3,(H,20,23)/t15-/m0/s1. The lowest BCUT2D eigenvalue weighted by Crippen LogP contribution is -2.13. The molecule has 0 radical (unpaired) electrons. The SMILES string of the molecule is CC1=Nc2c(c(=O)[nH]n2C2CCCCCC2)[C@H](c2cnn(C)c2)S1. The van der Waals surface area contributed by atoms with Crippen LogP contribution in [0.5, 0.6) is 0 Å². The summed E-state index contributed by atoms with van der Waals surface area (Å²) in [7, 11) is 1.90. The lowest BCUT2D eigenvalue weighted by atomic mass is 10.1. The number of nitrogens with one attached hydrogen (secondary N) is 1. The fraction of sp³-hybridized carbons (Fsp3) is 0.588. The average molecular weight is 345 g/mol. The van der Waals surface area contributed by atoms with Crippen molar-refractivity contribution in [2.75, 3.05) is 0 Å². The zero-order valence-electron chi connectivity index (χ0n) is 14.2. The molecule has 0 amide bonds. The third-order valence-electron chi connectivity index (χ3n) is 4.97. The summed E-state index contributed by atoms with van der Waals surface area (Å²) in [6.45, 7) is 2.02. The zero-order valence-corrected chi connectivity index (χ0v) is 15.0. The van der Waals surface area contributed by atoms with Crippen LogP contribution >= 0.6 is 11.8 Å². The van der Waals surface area contributed by atoms with Crippen LogP contribution in [0, 0.1) is 0 Å². The molecular weight excluding hydrogens is 322 g/mol. The van der Waals surface area contributed by atoms with E-state index in [4.69, 9.17) is 4.99 Å². The monoisotopic (exact) mass is 345 g/mol. The summed E-state index contributed by atoms with van der Waals surface area (Å²) >= 11 is 1.64. The van der Waals surface area contributed by atoms with Crippen molar-refractivity contribution in [1.82, 2.24) is 19.6 Å². The number of aromatic nitrogens is 4. The van der Waals surface area contributed by atoms with Crippen LogP contribution < -0.4 is 5.56 Å². The van der Waals surface area contributed by atoms with E-state index >= 15 is 0 Å². The lowest BCUT2D eigenvalue weighted by molar-refractivity contribution is 0.407. The van der Waals surface area contributed by atoms with Crippen molar-refractivity contribution in [2.24, 2.45) is 12.0 Å². The number of hydrogen-bond donors (Lipinski definition) is 1. The van der Waals surface area contributed by atoms with Crippen molar-refractivity contribution in [3.05, 3.63) is 33.9 Å². The molecule has 1 aliphatic carbocycles. The minimum absolute atomic E-state index is 0.00755. The van der Waals surface area contributed by atoms with Gasteiger partial charge in [0.1, 0.15) is 0 Å². The summed E-state index contributed by atoms with van der Waals surface area (Å²) in [5, 5.41) is 8.34. The van der Waals surface area contributed by atoms with Crippen molar-refractivity contribution in [1.29, 1.82) is 0 Å². The molecule has 0 unspecified atom stereocenters. The van der Waals surface area contributed by atoms with Gasteiger partial charge in [-0.25, -0.2) is 4.99 Å². The van der Waals surface area contributed by atoms with Gasteiger partial charge in [-0.05, 0) is 19.8 Å². The predicted molar refractivity (Wildman–Crippen MR) is 97.2 cm³/mol. The number of aromatic amines is 1. The largest absolute Gasteiger partial charge is 0.275 e. The summed E-state index contributed by atoms with van der Waals surface area (Å²) in [4.78, 5) is 17.5. The molecule has 7 heteroatoms. The molecule has 1 aliphatic heterocycles. The van der Waals surface area contributed by atoms with E-state index in [2.05, 4.69) is 14.9 Å². The predicted octanol–water partition coefficient (Wildman–Crippen LogP) is 3.69. The number of rotatable bonds is 2. The number of aliphatic imine (C=N–C) groups is 1. The van der Waals surface area contributed by atoms with Gasteiger partial charge in [-0.2, -0.15) is 5.10 Å². The average Bonchev–Trinajstić information content (AvgIpc) is 3.00. The molecule has 2 aromatic rings. The Morgan fingerprint density at radius 1 is 1.25 bits per heavy atom. The quantitative estimate of drug-likeness (QED) is 0.844. The molecule has 0 saturated heterocycles. The second-order valence-corrected chi connectivity index (χ2v) is 8.07. The molecule has 1 fully saturated rings. The van der Waals surface area contributed by atoms with Crippen LogP contribution in [-0.2, 0) is 7.05 Å². The Morgan fingerprint density at radius 2 is 2.00 bits per heavy atom. The number of thioether (sulfide) groups is 1. The van der Waals surface area contributed by atoms with Crippen LogP contribution in [0.2, 0.25) is 0 Å². The van der Waals surface area contributed by atoms with Crippen LogP contribution in [0.15, 0.2) is 22.2 Å². The van der Waals surface area contributed by atoms with E-state index in [1.807, 2.05) is 26.4 Å². The Kier molecular flexibility index (Phi) is 4.12. The number of nitrogens with zero attached hydrogens (tertiary/aromatic N) is 4. The van der Waals surface area contributed by atoms with Gasteiger partial charge < -0.3 is 0 Å². The summed E-state index contributed by atoms with van der Waals surface area (Å²) < 4.78 is 3.84. The molecule has 1 N–H and O–H groups in total. The van der Waals surface area contributed by atoms with Crippen LogP contribution in [0.3, 0.4) is 0 Å². The third kappa shape index (κ3) is 2.75. The maximum atomic E-state index is 12.7. The van der Waals surface area contributed by atoms with Gasteiger partial charge in [-0.1, -0.05) is 37.4 Å². The Hall–Kier alpha value is -1.76. The number of aryl methyl sites for hydroxylation is 1. The maximum absolute atomic E-state index is 12.7. The summed E-state index contributed by atoms with van der Waals surface area (Å²) in [5.74, 6) is 0.831. The molecule has 128 valence electrons. The van der Waals surface area contributed by atoms with Gasteiger partial charge in [0.15, 0.2) is 5.82 Å². The van der Waals surface area contributed by atoms with E-state index < -0.39 is 0 Å². The highest BCUT2D eigenvalue weighted by Crippen LogP contribution is 2.44. The van der Waals surface area contributed by atoms with Gasteiger partial charge in [0.2, 0.25) is 0 Å². The van der Waals surface area contributed by atoms with Crippen molar-refractivity contribution in [3.63, 3.8) is 0 Å². The minimum atomic E-state index is -0.0259. The first-order chi connectivity index (χ1) is 11.6. The molecule has 0 bridgehead atoms. The summed E-state index contributed by atoms with van der Waals surface area (Å²) in [5.41, 5.74) is 1.83. The molecule has 0 aromatic carbocycles. The Labute approximate surface area is 145 Å². The minimum Gasteiger partial charge on any atom is -0.275 e. The summed E-state index contributed by atoms with van der Waals surface area (Å²) in [6.07, 6.45) is 11.1. The fourth-order valence-corrected chi connectivity index (χ4v) is 4.87. The van der Waals surface area contributed by atoms with Crippen LogP contribution in [0.25, 0.3) is 0 Å². The second-order valence-electron chi connectivity index (χ2n) is 6.77. The zero-order chi connectivity index (χ0) is 16.7. The van der Waals surface area contributed by atoms with E-state index in [9.17, 15) is 4.79 Å². The van der Waals surface area contributed by atoms with Gasteiger partial charge in [-0.15, -0.1) is 0 Å². The van der Waals surface area contributed by atoms with E-state index in [1.165, 1.54) is 25.7 Å². The van der Waals surface area contributed by atoms with Gasteiger partial charge in [-0.3, -0.25) is 19.3 Å². The highest BCUT2D eigenvalue weighted by molar-refractivity contribution is 8.14. The molecule has 24 heavy (non-hydrogen) atoms. The molecule has 0 spiro atoms. The van der Waals surface area contributed by atoms with Crippen LogP contribution in [0.4, 0.5) is 5.82 Å². The summed E-state index contributed by atoms with van der Waals surface area (Å²) in [6, 6.07) is 0.359. The van der Waals surface area contributed by atoms with E-state index in [0.29, 0.717) is 6.04 Å². The molecule has 2 aromatic heterocycles. The van der Waals surface area contributed by atoms with Crippen LogP contribution in [0.1, 0.15) is 67.9 Å². The number of fused-ring (bicyclic) bond motifs is 1. The van der Waals surface area contributed by atoms with Crippen molar-refractivity contribution in [2.45, 2.75) is 56.7 Å². The van der Waals surface area contributed by atoms with Gasteiger partial charge in [0.05, 0.1) is 28.1 Å². The molecule has 6 nitrogen and oxygen atoms in total.